The van der Waals surface area contributed by atoms with Crippen molar-refractivity contribution in [3.63, 3.8) is 0 Å². The molecule has 0 atom stereocenters. The standard InChI is InChI=1S/C21H18FN5O2S/c1-26-12-17(11-24-26)15-7-14-8-16-13-27(6-5-20(16)25-21(14)23-10-15)30(28,29)19-4-2-3-18(22)9-19/h2-4,7-12H,5-6,13H2,1H3. The number of nitrogens with zero attached hydrogens (tertiary/aromatic N) is 5. The first-order valence-electron chi connectivity index (χ1n) is 9.43. The lowest BCUT2D eigenvalue weighted by Crippen LogP contribution is -2.36. The van der Waals surface area contributed by atoms with Crippen molar-refractivity contribution in [3.05, 3.63) is 72.1 Å². The number of benzene rings is 1. The van der Waals surface area contributed by atoms with Crippen molar-refractivity contribution in [2.75, 3.05) is 6.54 Å². The topological polar surface area (TPSA) is 81.0 Å². The third-order valence-corrected chi connectivity index (χ3v) is 7.09. The molecule has 4 aromatic rings. The van der Waals surface area contributed by atoms with Crippen molar-refractivity contribution < 1.29 is 12.8 Å². The zero-order valence-corrected chi connectivity index (χ0v) is 17.0. The second-order valence-corrected chi connectivity index (χ2v) is 9.25. The summed E-state index contributed by atoms with van der Waals surface area (Å²) in [6, 6.07) is 9.02. The Balaban J connectivity index is 1.51. The van der Waals surface area contributed by atoms with Gasteiger partial charge in [0.25, 0.3) is 0 Å². The van der Waals surface area contributed by atoms with E-state index >= 15 is 0 Å². The van der Waals surface area contributed by atoms with Crippen LogP contribution in [0.4, 0.5) is 4.39 Å². The maximum absolute atomic E-state index is 13.6. The summed E-state index contributed by atoms with van der Waals surface area (Å²) in [4.78, 5) is 9.08. The number of fused-ring (bicyclic) bond motifs is 2. The number of hydrogen-bond donors (Lipinski definition) is 0. The first-order valence-corrected chi connectivity index (χ1v) is 10.9. The minimum absolute atomic E-state index is 0.0415. The lowest BCUT2D eigenvalue weighted by molar-refractivity contribution is 0.388. The second kappa shape index (κ2) is 6.96. The lowest BCUT2D eigenvalue weighted by Gasteiger charge is -2.27. The van der Waals surface area contributed by atoms with Crippen LogP contribution in [0.15, 0.2) is 59.9 Å². The fourth-order valence-corrected chi connectivity index (χ4v) is 5.16. The molecular formula is C21H18FN5O2S. The molecule has 0 amide bonds. The minimum atomic E-state index is -3.79. The Morgan fingerprint density at radius 3 is 2.73 bits per heavy atom. The molecule has 0 N–H and O–H groups in total. The highest BCUT2D eigenvalue weighted by atomic mass is 32.2. The van der Waals surface area contributed by atoms with E-state index in [0.29, 0.717) is 12.1 Å². The van der Waals surface area contributed by atoms with Gasteiger partial charge in [0.2, 0.25) is 10.0 Å². The molecule has 4 heterocycles. The van der Waals surface area contributed by atoms with Crippen LogP contribution in [-0.2, 0) is 30.0 Å². The molecule has 1 aromatic carbocycles. The molecule has 0 saturated heterocycles. The van der Waals surface area contributed by atoms with Crippen LogP contribution in [-0.4, -0.2) is 39.0 Å². The van der Waals surface area contributed by atoms with Gasteiger partial charge in [0, 0.05) is 61.2 Å². The quantitative estimate of drug-likeness (QED) is 0.506. The summed E-state index contributed by atoms with van der Waals surface area (Å²) in [6.45, 7) is 0.479. The summed E-state index contributed by atoms with van der Waals surface area (Å²) in [7, 11) is -1.94. The van der Waals surface area contributed by atoms with Crippen LogP contribution in [0, 0.1) is 5.82 Å². The first-order chi connectivity index (χ1) is 14.4. The molecule has 0 spiro atoms. The van der Waals surface area contributed by atoms with E-state index < -0.39 is 15.8 Å². The van der Waals surface area contributed by atoms with Crippen LogP contribution in [0.1, 0.15) is 11.3 Å². The maximum Gasteiger partial charge on any atom is 0.243 e. The van der Waals surface area contributed by atoms with Gasteiger partial charge in [-0.15, -0.1) is 0 Å². The van der Waals surface area contributed by atoms with Crippen LogP contribution in [0.2, 0.25) is 0 Å². The number of pyridine rings is 2. The van der Waals surface area contributed by atoms with E-state index in [2.05, 4.69) is 15.1 Å². The first kappa shape index (κ1) is 18.8. The Bertz CT molecular complexity index is 1380. The van der Waals surface area contributed by atoms with Crippen molar-refractivity contribution in [2.24, 2.45) is 7.05 Å². The van der Waals surface area contributed by atoms with E-state index in [1.807, 2.05) is 25.4 Å². The Morgan fingerprint density at radius 1 is 1.10 bits per heavy atom. The average Bonchev–Trinajstić information content (AvgIpc) is 3.17. The van der Waals surface area contributed by atoms with Gasteiger partial charge in [-0.2, -0.15) is 9.40 Å². The minimum Gasteiger partial charge on any atom is -0.275 e. The lowest BCUT2D eigenvalue weighted by atomic mass is 10.0. The normalized spacial score (nSPS) is 14.7. The Hall–Kier alpha value is -3.17. The number of aromatic nitrogens is 4. The SMILES string of the molecule is Cn1cc(-c2cnc3nc4c(cc3c2)CN(S(=O)(=O)c2cccc(F)c2)CC4)cn1. The molecule has 3 aromatic heterocycles. The Morgan fingerprint density at radius 2 is 1.97 bits per heavy atom. The van der Waals surface area contributed by atoms with E-state index in [1.54, 1.807) is 17.1 Å². The summed E-state index contributed by atoms with van der Waals surface area (Å²) in [5.74, 6) is -0.574. The third-order valence-electron chi connectivity index (χ3n) is 5.25. The molecule has 0 radical (unpaired) electrons. The second-order valence-electron chi connectivity index (χ2n) is 7.31. The summed E-state index contributed by atoms with van der Waals surface area (Å²) < 4.78 is 42.6. The molecule has 1 aliphatic rings. The summed E-state index contributed by atoms with van der Waals surface area (Å²) in [5, 5.41) is 5.02. The van der Waals surface area contributed by atoms with Gasteiger partial charge in [-0.3, -0.25) is 4.68 Å². The molecule has 0 fully saturated rings. The molecule has 1 aliphatic heterocycles. The molecule has 152 valence electrons. The number of rotatable bonds is 3. The predicted molar refractivity (Wildman–Crippen MR) is 109 cm³/mol. The Labute approximate surface area is 172 Å². The van der Waals surface area contributed by atoms with Gasteiger partial charge in [0.1, 0.15) is 5.82 Å². The smallest absolute Gasteiger partial charge is 0.243 e. The van der Waals surface area contributed by atoms with Gasteiger partial charge in [-0.1, -0.05) is 6.07 Å². The predicted octanol–water partition coefficient (Wildman–Crippen LogP) is 2.92. The van der Waals surface area contributed by atoms with E-state index in [0.717, 1.165) is 33.8 Å². The zero-order chi connectivity index (χ0) is 20.9. The highest BCUT2D eigenvalue weighted by Crippen LogP contribution is 2.28. The van der Waals surface area contributed by atoms with Crippen molar-refractivity contribution in [1.29, 1.82) is 0 Å². The molecule has 0 bridgehead atoms. The van der Waals surface area contributed by atoms with Crippen LogP contribution < -0.4 is 0 Å². The summed E-state index contributed by atoms with van der Waals surface area (Å²) in [5.41, 5.74) is 4.16. The molecule has 5 rings (SSSR count). The van der Waals surface area contributed by atoms with Gasteiger partial charge in [-0.05, 0) is 35.9 Å². The fraction of sp³-hybridized carbons (Fsp3) is 0.190. The van der Waals surface area contributed by atoms with Crippen LogP contribution >= 0.6 is 0 Å². The molecule has 30 heavy (non-hydrogen) atoms. The van der Waals surface area contributed by atoms with Gasteiger partial charge >= 0.3 is 0 Å². The number of aryl methyl sites for hydroxylation is 1. The van der Waals surface area contributed by atoms with Crippen molar-refractivity contribution in [1.82, 2.24) is 24.1 Å². The number of halogens is 1. The average molecular weight is 423 g/mol. The monoisotopic (exact) mass is 423 g/mol. The fourth-order valence-electron chi connectivity index (χ4n) is 3.71. The Kier molecular flexibility index (Phi) is 4.37. The van der Waals surface area contributed by atoms with Gasteiger partial charge < -0.3 is 0 Å². The van der Waals surface area contributed by atoms with Crippen LogP contribution in [0.25, 0.3) is 22.2 Å². The van der Waals surface area contributed by atoms with Crippen molar-refractivity contribution >= 4 is 21.1 Å². The van der Waals surface area contributed by atoms with Crippen LogP contribution in [0.5, 0.6) is 0 Å². The van der Waals surface area contributed by atoms with Gasteiger partial charge in [-0.25, -0.2) is 22.8 Å². The van der Waals surface area contributed by atoms with Crippen molar-refractivity contribution in [3.8, 4) is 11.1 Å². The highest BCUT2D eigenvalue weighted by Gasteiger charge is 2.29. The van der Waals surface area contributed by atoms with Crippen molar-refractivity contribution in [2.45, 2.75) is 17.9 Å². The summed E-state index contributed by atoms with van der Waals surface area (Å²) in [6.07, 6.45) is 5.91. The third kappa shape index (κ3) is 3.25. The molecule has 9 heteroatoms. The number of hydrogen-bond acceptors (Lipinski definition) is 5. The number of sulfonamides is 1. The zero-order valence-electron chi connectivity index (χ0n) is 16.2. The molecule has 0 aliphatic carbocycles. The summed E-state index contributed by atoms with van der Waals surface area (Å²) >= 11 is 0. The van der Waals surface area contributed by atoms with Gasteiger partial charge in [0.05, 0.1) is 11.1 Å². The maximum atomic E-state index is 13.6. The van der Waals surface area contributed by atoms with E-state index in [-0.39, 0.29) is 18.0 Å². The van der Waals surface area contributed by atoms with Crippen LogP contribution in [0.3, 0.4) is 0 Å². The highest BCUT2D eigenvalue weighted by molar-refractivity contribution is 7.89. The molecule has 0 saturated carbocycles. The molecule has 7 nitrogen and oxygen atoms in total. The van der Waals surface area contributed by atoms with E-state index in [4.69, 9.17) is 0 Å². The van der Waals surface area contributed by atoms with E-state index in [1.165, 1.54) is 22.5 Å². The van der Waals surface area contributed by atoms with E-state index in [9.17, 15) is 12.8 Å². The molecule has 0 unspecified atom stereocenters. The molecular weight excluding hydrogens is 405 g/mol. The van der Waals surface area contributed by atoms with Gasteiger partial charge in [0.15, 0.2) is 5.65 Å². The largest absolute Gasteiger partial charge is 0.275 e.